The fourth-order valence-corrected chi connectivity index (χ4v) is 2.43. The quantitative estimate of drug-likeness (QED) is 0.903. The normalized spacial score (nSPS) is 12.2. The molecule has 1 unspecified atom stereocenters. The zero-order valence-electron chi connectivity index (χ0n) is 11.5. The van der Waals surface area contributed by atoms with Crippen molar-refractivity contribution in [3.63, 3.8) is 0 Å². The molecule has 0 aromatic heterocycles. The largest absolute Gasteiger partial charge is 0.481 e. The Hall–Kier alpha value is -2.09. The molecule has 0 saturated heterocycles. The molecule has 2 aromatic rings. The third kappa shape index (κ3) is 2.53. The van der Waals surface area contributed by atoms with E-state index in [1.807, 2.05) is 63.2 Å². The molecular weight excluding hydrogens is 236 g/mol. The van der Waals surface area contributed by atoms with E-state index in [0.717, 1.165) is 27.8 Å². The maximum atomic E-state index is 11.7. The molecule has 0 saturated carbocycles. The Morgan fingerprint density at radius 1 is 0.895 bits per heavy atom. The molecular formula is C17H18O2. The number of hydrogen-bond donors (Lipinski definition) is 1. The Morgan fingerprint density at radius 3 is 2.11 bits per heavy atom. The van der Waals surface area contributed by atoms with E-state index in [9.17, 15) is 9.90 Å². The number of benzene rings is 2. The molecule has 0 bridgehead atoms. The lowest BCUT2D eigenvalue weighted by molar-refractivity contribution is -0.137. The highest BCUT2D eigenvalue weighted by molar-refractivity contribution is 5.81. The van der Waals surface area contributed by atoms with Crippen LogP contribution in [0, 0.1) is 20.8 Å². The van der Waals surface area contributed by atoms with E-state index in [4.69, 9.17) is 0 Å². The highest BCUT2D eigenvalue weighted by atomic mass is 16.4. The molecule has 2 heteroatoms. The Balaban J connectivity index is 2.62. The lowest BCUT2D eigenvalue weighted by atomic mass is 9.85. The molecule has 0 fully saturated rings. The fourth-order valence-electron chi connectivity index (χ4n) is 2.43. The average molecular weight is 254 g/mol. The highest BCUT2D eigenvalue weighted by Crippen LogP contribution is 2.30. The summed E-state index contributed by atoms with van der Waals surface area (Å²) in [5, 5.41) is 9.62. The van der Waals surface area contributed by atoms with Gasteiger partial charge in [-0.25, -0.2) is 0 Å². The summed E-state index contributed by atoms with van der Waals surface area (Å²) in [6, 6.07) is 13.5. The van der Waals surface area contributed by atoms with Crippen molar-refractivity contribution in [1.29, 1.82) is 0 Å². The topological polar surface area (TPSA) is 37.3 Å². The van der Waals surface area contributed by atoms with Gasteiger partial charge in [-0.15, -0.1) is 0 Å². The van der Waals surface area contributed by atoms with Gasteiger partial charge in [0.05, 0.1) is 0 Å². The molecule has 1 N–H and O–H groups in total. The summed E-state index contributed by atoms with van der Waals surface area (Å²) >= 11 is 0. The molecule has 2 rings (SSSR count). The fraction of sp³-hybridized carbons (Fsp3) is 0.235. The van der Waals surface area contributed by atoms with Gasteiger partial charge < -0.3 is 5.11 Å². The maximum Gasteiger partial charge on any atom is 0.315 e. The van der Waals surface area contributed by atoms with Gasteiger partial charge in [-0.2, -0.15) is 0 Å². The number of hydrogen-bond acceptors (Lipinski definition) is 1. The lowest BCUT2D eigenvalue weighted by Crippen LogP contribution is -2.15. The van der Waals surface area contributed by atoms with Crippen LogP contribution in [0.3, 0.4) is 0 Å². The second kappa shape index (κ2) is 5.27. The van der Waals surface area contributed by atoms with Crippen molar-refractivity contribution < 1.29 is 9.90 Å². The molecule has 0 spiro atoms. The van der Waals surface area contributed by atoms with Crippen LogP contribution in [0.15, 0.2) is 42.5 Å². The second-order valence-electron chi connectivity index (χ2n) is 4.92. The van der Waals surface area contributed by atoms with E-state index < -0.39 is 11.9 Å². The number of carboxylic acid groups (broad SMARTS) is 1. The summed E-state index contributed by atoms with van der Waals surface area (Å²) in [6.45, 7) is 5.95. The summed E-state index contributed by atoms with van der Waals surface area (Å²) in [6.07, 6.45) is 0. The van der Waals surface area contributed by atoms with Gasteiger partial charge in [-0.05, 0) is 48.6 Å². The second-order valence-corrected chi connectivity index (χ2v) is 4.92. The summed E-state index contributed by atoms with van der Waals surface area (Å²) < 4.78 is 0. The molecule has 0 radical (unpaired) electrons. The van der Waals surface area contributed by atoms with Crippen LogP contribution in [0.25, 0.3) is 0 Å². The minimum atomic E-state index is -0.803. The minimum absolute atomic E-state index is 0.596. The average Bonchev–Trinajstić information content (AvgIpc) is 2.37. The Morgan fingerprint density at radius 2 is 1.47 bits per heavy atom. The number of rotatable bonds is 3. The van der Waals surface area contributed by atoms with Crippen LogP contribution in [0.5, 0.6) is 0 Å². The van der Waals surface area contributed by atoms with Crippen LogP contribution in [-0.2, 0) is 4.79 Å². The van der Waals surface area contributed by atoms with Gasteiger partial charge in [0.2, 0.25) is 0 Å². The number of aliphatic carboxylic acids is 1. The smallest absolute Gasteiger partial charge is 0.315 e. The van der Waals surface area contributed by atoms with Crippen LogP contribution >= 0.6 is 0 Å². The summed E-state index contributed by atoms with van der Waals surface area (Å²) in [7, 11) is 0. The SMILES string of the molecule is Cc1ccccc1C(C(=O)O)c1cccc(C)c1C. The van der Waals surface area contributed by atoms with Crippen molar-refractivity contribution >= 4 is 5.97 Å². The van der Waals surface area contributed by atoms with Gasteiger partial charge in [0, 0.05) is 0 Å². The first-order valence-corrected chi connectivity index (χ1v) is 6.37. The van der Waals surface area contributed by atoms with Crippen LogP contribution in [-0.4, -0.2) is 11.1 Å². The van der Waals surface area contributed by atoms with Crippen LogP contribution in [0.1, 0.15) is 33.7 Å². The summed E-state index contributed by atoms with van der Waals surface area (Å²) in [5.74, 6) is -1.40. The molecule has 0 heterocycles. The molecule has 0 amide bonds. The summed E-state index contributed by atoms with van der Waals surface area (Å²) in [4.78, 5) is 11.7. The summed E-state index contributed by atoms with van der Waals surface area (Å²) in [5.41, 5.74) is 4.93. The first-order valence-electron chi connectivity index (χ1n) is 6.37. The third-order valence-electron chi connectivity index (χ3n) is 3.70. The van der Waals surface area contributed by atoms with Crippen molar-refractivity contribution in [2.24, 2.45) is 0 Å². The van der Waals surface area contributed by atoms with Crippen molar-refractivity contribution in [3.05, 3.63) is 70.3 Å². The lowest BCUT2D eigenvalue weighted by Gasteiger charge is -2.19. The van der Waals surface area contributed by atoms with E-state index in [1.165, 1.54) is 0 Å². The van der Waals surface area contributed by atoms with E-state index in [-0.39, 0.29) is 0 Å². The van der Waals surface area contributed by atoms with E-state index in [0.29, 0.717) is 0 Å². The predicted molar refractivity (Wildman–Crippen MR) is 76.6 cm³/mol. The minimum Gasteiger partial charge on any atom is -0.481 e. The Labute approximate surface area is 113 Å². The number of aryl methyl sites for hydroxylation is 2. The van der Waals surface area contributed by atoms with Crippen molar-refractivity contribution in [1.82, 2.24) is 0 Å². The van der Waals surface area contributed by atoms with Crippen molar-refractivity contribution in [2.75, 3.05) is 0 Å². The molecule has 1 atom stereocenters. The van der Waals surface area contributed by atoms with Crippen LogP contribution in [0.4, 0.5) is 0 Å². The Kier molecular flexibility index (Phi) is 3.70. The van der Waals surface area contributed by atoms with Crippen LogP contribution in [0.2, 0.25) is 0 Å². The van der Waals surface area contributed by atoms with Gasteiger partial charge in [0.25, 0.3) is 0 Å². The predicted octanol–water partition coefficient (Wildman–Crippen LogP) is 3.83. The zero-order valence-corrected chi connectivity index (χ0v) is 11.5. The molecule has 2 aromatic carbocycles. The van der Waals surface area contributed by atoms with Gasteiger partial charge in [0.15, 0.2) is 0 Å². The van der Waals surface area contributed by atoms with Gasteiger partial charge in [-0.1, -0.05) is 42.5 Å². The molecule has 98 valence electrons. The van der Waals surface area contributed by atoms with Gasteiger partial charge in [0.1, 0.15) is 5.92 Å². The third-order valence-corrected chi connectivity index (χ3v) is 3.70. The first kappa shape index (κ1) is 13.3. The van der Waals surface area contributed by atoms with E-state index in [1.54, 1.807) is 0 Å². The van der Waals surface area contributed by atoms with Crippen molar-refractivity contribution in [2.45, 2.75) is 26.7 Å². The molecule has 2 nitrogen and oxygen atoms in total. The standard InChI is InChI=1S/C17H18O2/c1-11-8-6-10-15(13(11)3)16(17(18)19)14-9-5-4-7-12(14)2/h4-10,16H,1-3H3,(H,18,19). The van der Waals surface area contributed by atoms with E-state index in [2.05, 4.69) is 0 Å². The van der Waals surface area contributed by atoms with Crippen LogP contribution < -0.4 is 0 Å². The molecule has 0 aliphatic rings. The highest BCUT2D eigenvalue weighted by Gasteiger charge is 2.25. The number of carbonyl (C=O) groups is 1. The molecule has 0 aliphatic heterocycles. The monoisotopic (exact) mass is 254 g/mol. The zero-order chi connectivity index (χ0) is 14.0. The maximum absolute atomic E-state index is 11.7. The molecule has 0 aliphatic carbocycles. The van der Waals surface area contributed by atoms with Gasteiger partial charge >= 0.3 is 5.97 Å². The Bertz CT molecular complexity index is 614. The first-order chi connectivity index (χ1) is 9.02. The number of carboxylic acids is 1. The van der Waals surface area contributed by atoms with E-state index >= 15 is 0 Å². The van der Waals surface area contributed by atoms with Crippen molar-refractivity contribution in [3.8, 4) is 0 Å². The molecule has 19 heavy (non-hydrogen) atoms. The van der Waals surface area contributed by atoms with Gasteiger partial charge in [-0.3, -0.25) is 4.79 Å².